The van der Waals surface area contributed by atoms with Crippen molar-refractivity contribution >= 4 is 0 Å². The van der Waals surface area contributed by atoms with Gasteiger partial charge >= 0.3 is 0 Å². The Morgan fingerprint density at radius 3 is 0.852 bits per heavy atom. The van der Waals surface area contributed by atoms with Gasteiger partial charge in [0.15, 0.2) is 0 Å². The molecule has 0 saturated carbocycles. The first kappa shape index (κ1) is 114. The van der Waals surface area contributed by atoms with Gasteiger partial charge in [0.2, 0.25) is 0 Å². The predicted molar refractivity (Wildman–Crippen MR) is 520 cm³/mol. The lowest BCUT2D eigenvalue weighted by Crippen LogP contribution is -2.51. The lowest BCUT2D eigenvalue weighted by molar-refractivity contribution is -0.0988. The molecule has 1 N–H and O–H groups in total. The largest absolute Gasteiger partial charge is 0.389 e. The molecule has 4 saturated heterocycles. The maximum Gasteiger partial charge on any atom is 0.0720 e. The molecule has 0 spiro atoms. The van der Waals surface area contributed by atoms with Crippen LogP contribution >= 0.6 is 0 Å². The molecule has 4 fully saturated rings. The van der Waals surface area contributed by atoms with Gasteiger partial charge in [-0.3, -0.25) is 4.90 Å². The van der Waals surface area contributed by atoms with Crippen LogP contribution in [-0.4, -0.2) is 171 Å². The zero-order valence-corrected chi connectivity index (χ0v) is 86.5. The normalized spacial score (nSPS) is 18.7. The van der Waals surface area contributed by atoms with Gasteiger partial charge in [0.1, 0.15) is 0 Å². The van der Waals surface area contributed by atoms with Crippen LogP contribution in [0.2, 0.25) is 0 Å². The topological polar surface area (TPSA) is 48.9 Å². The molecule has 0 atom stereocenters. The average Bonchev–Trinajstić information content (AvgIpc) is 0.803. The van der Waals surface area contributed by atoms with Crippen molar-refractivity contribution in [2.75, 3.05) is 131 Å². The lowest BCUT2D eigenvalue weighted by atomic mass is 9.71. The van der Waals surface area contributed by atoms with Gasteiger partial charge in [0.25, 0.3) is 0 Å². The number of hydrogen-bond donors (Lipinski definition) is 1. The van der Waals surface area contributed by atoms with Crippen LogP contribution in [0, 0.1) is 76.8 Å². The van der Waals surface area contributed by atoms with E-state index < -0.39 is 5.60 Å². The predicted octanol–water partition coefficient (Wildman–Crippen LogP) is 30.5. The standard InChI is InChI=1S/C20H41NO.C20H41N.C20H39N.C19H39N.C16H34N2.C12H26O/c1-18(2,3)12-10-8-7-9-11-15-21-16-13-20(22,14-17-21)19(4,5)6;1-19(2,3)13-8-7-9-15-21-16-11-18(12-17-21)10-14-20(4,5)6;1-19(2,3)14-10-8-7-9-11-15-21-16-12-18(13-17-21)20(4,5)6;1-18(2,3)12-8-7-9-13-20-14-10-17(11-15-20)16-19(4,5)6;1-15(2,3)7-9-17-11-13-18(14-12-17)10-8-16(4,5)6;1-11(2,3)7-9-13-10-8-12(4,5)6/h22H,7-17H2,1-6H3;18H,7-17H2,1-6H3;12H,7-11,13-17H2,1-6H3;17H,7-16H2,1-6H3;7-14H2,1-6H3;7-10H2,1-6H3. The van der Waals surface area contributed by atoms with E-state index in [4.69, 9.17) is 4.74 Å². The summed E-state index contributed by atoms with van der Waals surface area (Å²) in [7, 11) is 0. The zero-order valence-electron chi connectivity index (χ0n) is 86.5. The molecule has 0 aromatic rings. The van der Waals surface area contributed by atoms with Crippen molar-refractivity contribution in [3.8, 4) is 0 Å². The van der Waals surface area contributed by atoms with E-state index in [9.17, 15) is 5.11 Å². The van der Waals surface area contributed by atoms with Crippen molar-refractivity contribution in [3.63, 3.8) is 0 Å². The highest BCUT2D eigenvalue weighted by Crippen LogP contribution is 2.40. The van der Waals surface area contributed by atoms with Crippen LogP contribution in [0.4, 0.5) is 0 Å². The van der Waals surface area contributed by atoms with E-state index >= 15 is 0 Å². The third-order valence-electron chi connectivity index (χ3n) is 25.4. The Balaban J connectivity index is 0.00000136. The molecule has 5 aliphatic rings. The molecule has 8 nitrogen and oxygen atoms in total. The van der Waals surface area contributed by atoms with E-state index in [1.807, 2.05) is 0 Å². The van der Waals surface area contributed by atoms with E-state index in [-0.39, 0.29) is 5.41 Å². The monoisotopic (exact) mass is 1620 g/mol. The fraction of sp³-hybridized carbons (Fsp3) is 0.981. The summed E-state index contributed by atoms with van der Waals surface area (Å²) in [6.07, 6.45) is 48.4. The highest BCUT2D eigenvalue weighted by atomic mass is 16.5. The van der Waals surface area contributed by atoms with Gasteiger partial charge < -0.3 is 34.3 Å². The maximum absolute atomic E-state index is 10.7. The van der Waals surface area contributed by atoms with Crippen LogP contribution in [0.15, 0.2) is 11.6 Å². The molecule has 0 aromatic heterocycles. The number of unbranched alkanes of at least 4 members (excludes halogenated alkanes) is 12. The Kier molecular flexibility index (Phi) is 55.4. The number of piperidine rings is 3. The first-order chi connectivity index (χ1) is 52.4. The van der Waals surface area contributed by atoms with Crippen LogP contribution in [0.3, 0.4) is 0 Å². The average molecular weight is 1620 g/mol. The second-order valence-corrected chi connectivity index (χ2v) is 52.5. The Bertz CT molecular complexity index is 2280. The number of aliphatic hydroxyl groups is 1. The molecule has 0 unspecified atom stereocenters. The fourth-order valence-corrected chi connectivity index (χ4v) is 16.4. The second kappa shape index (κ2) is 55.7. The Labute approximate surface area is 727 Å². The van der Waals surface area contributed by atoms with Gasteiger partial charge in [-0.15, -0.1) is 0 Å². The molecule has 0 radical (unpaired) electrons. The quantitative estimate of drug-likeness (QED) is 0.0498. The molecule has 5 rings (SSSR count). The molecule has 0 amide bonds. The van der Waals surface area contributed by atoms with Crippen LogP contribution in [0.25, 0.3) is 0 Å². The smallest absolute Gasteiger partial charge is 0.0720 e. The Hall–Kier alpha value is -0.580. The van der Waals surface area contributed by atoms with Crippen molar-refractivity contribution < 1.29 is 9.84 Å². The first-order valence-corrected chi connectivity index (χ1v) is 49.7. The molecule has 5 aliphatic heterocycles. The highest BCUT2D eigenvalue weighted by Gasteiger charge is 2.42. The maximum atomic E-state index is 10.7. The Morgan fingerprint density at radius 1 is 0.287 bits per heavy atom. The molecule has 115 heavy (non-hydrogen) atoms. The number of rotatable bonds is 35. The number of hydrogen-bond acceptors (Lipinski definition) is 8. The first-order valence-electron chi connectivity index (χ1n) is 49.7. The SMILES string of the molecule is CC(C)(C)CCCCCCCN1CC=C(C(C)(C)C)CC1.CC(C)(C)CCCCCCCN1CCC(O)(C(C)(C)C)CC1.CC(C)(C)CCCCCN1CCC(CC(C)(C)C)CC1.CC(C)(C)CCCCCN1CCC(CCC(C)(C)C)CC1.CC(C)(C)CCN1CCN(CCC(C)(C)C)CC1.CC(C)(C)CCOCCC(C)(C)C. The number of ether oxygens (including phenoxy) is 1. The molecular formula is C107H220N6O2. The lowest BCUT2D eigenvalue weighted by Gasteiger charge is -2.46. The van der Waals surface area contributed by atoms with Gasteiger partial charge in [-0.05, 0) is 284 Å². The van der Waals surface area contributed by atoms with Crippen molar-refractivity contribution in [2.45, 2.75) is 473 Å². The van der Waals surface area contributed by atoms with Crippen molar-refractivity contribution in [2.24, 2.45) is 76.8 Å². The molecule has 0 aromatic carbocycles. The molecular weight excluding hydrogens is 1400 g/mol. The number of likely N-dealkylation sites (tertiary alicyclic amines) is 3. The minimum absolute atomic E-state index is 0.00610. The molecule has 5 heterocycles. The van der Waals surface area contributed by atoms with Crippen LogP contribution in [-0.2, 0) is 4.74 Å². The Morgan fingerprint density at radius 2 is 0.565 bits per heavy atom. The van der Waals surface area contributed by atoms with Crippen molar-refractivity contribution in [3.05, 3.63) is 11.6 Å². The summed E-state index contributed by atoms with van der Waals surface area (Å²) in [5.41, 5.74) is 6.42. The highest BCUT2D eigenvalue weighted by molar-refractivity contribution is 5.14. The molecule has 8 heteroatoms. The molecule has 690 valence electrons. The minimum atomic E-state index is -0.462. The summed E-state index contributed by atoms with van der Waals surface area (Å²) in [6, 6.07) is 0. The van der Waals surface area contributed by atoms with Crippen molar-refractivity contribution in [1.29, 1.82) is 0 Å². The molecule has 0 bridgehead atoms. The van der Waals surface area contributed by atoms with E-state index in [0.29, 0.717) is 59.6 Å². The minimum Gasteiger partial charge on any atom is -0.389 e. The zero-order chi connectivity index (χ0) is 88.3. The van der Waals surface area contributed by atoms with E-state index in [1.54, 1.807) is 5.57 Å². The van der Waals surface area contributed by atoms with E-state index in [2.05, 4.69) is 285 Å². The van der Waals surface area contributed by atoms with E-state index in [0.717, 1.165) is 63.8 Å². The van der Waals surface area contributed by atoms with Crippen LogP contribution in [0.5, 0.6) is 0 Å². The van der Waals surface area contributed by atoms with Gasteiger partial charge in [0.05, 0.1) is 5.60 Å². The molecule has 0 aliphatic carbocycles. The van der Waals surface area contributed by atoms with E-state index in [1.165, 1.54) is 297 Å². The third kappa shape index (κ3) is 72.4. The van der Waals surface area contributed by atoms with Gasteiger partial charge in [-0.2, -0.15) is 0 Å². The van der Waals surface area contributed by atoms with Gasteiger partial charge in [-0.25, -0.2) is 0 Å². The fourth-order valence-electron chi connectivity index (χ4n) is 16.4. The van der Waals surface area contributed by atoms with Crippen molar-refractivity contribution in [1.82, 2.24) is 29.4 Å². The number of piperazine rings is 1. The summed E-state index contributed by atoms with van der Waals surface area (Å²) < 4.78 is 5.59. The summed E-state index contributed by atoms with van der Waals surface area (Å²) in [5, 5.41) is 10.7. The summed E-state index contributed by atoms with van der Waals surface area (Å²) >= 11 is 0. The van der Waals surface area contributed by atoms with Crippen LogP contribution in [0.1, 0.15) is 468 Å². The van der Waals surface area contributed by atoms with Crippen LogP contribution < -0.4 is 0 Å². The summed E-state index contributed by atoms with van der Waals surface area (Å²) in [5.74, 6) is 1.98. The summed E-state index contributed by atoms with van der Waals surface area (Å²) in [6.45, 7) is 108. The van der Waals surface area contributed by atoms with Gasteiger partial charge in [0, 0.05) is 65.6 Å². The number of nitrogens with zero attached hydrogens (tertiary/aromatic N) is 6. The second-order valence-electron chi connectivity index (χ2n) is 52.5. The third-order valence-corrected chi connectivity index (χ3v) is 25.4. The van der Waals surface area contributed by atoms with Gasteiger partial charge in [-0.1, -0.05) is 338 Å². The summed E-state index contributed by atoms with van der Waals surface area (Å²) in [4.78, 5) is 15.9.